The van der Waals surface area contributed by atoms with Crippen LogP contribution in [0.15, 0.2) is 66.7 Å². The maximum atomic E-state index is 9.73. The number of nitrogens with zero attached hydrogens (tertiary/aromatic N) is 3. The van der Waals surface area contributed by atoms with Crippen LogP contribution in [0.25, 0.3) is 36.9 Å². The third kappa shape index (κ3) is 1.99. The van der Waals surface area contributed by atoms with Gasteiger partial charge in [0.2, 0.25) is 4.70 Å². The summed E-state index contributed by atoms with van der Waals surface area (Å²) in [7, 11) is -0.0540. The lowest BCUT2D eigenvalue weighted by Crippen LogP contribution is -2.00. The molecule has 0 aliphatic rings. The first-order valence-electron chi connectivity index (χ1n) is 8.58. The predicted octanol–water partition coefficient (Wildman–Crippen LogP) is 5.97. The first-order valence-corrected chi connectivity index (χ1v) is 10.2. The molecule has 1 unspecified atom stereocenters. The molecule has 0 fully saturated rings. The monoisotopic (exact) mass is 364 g/mol. The minimum absolute atomic E-state index is 0.0540. The Balaban J connectivity index is 2.14. The topological polar surface area (TPSA) is 52.5 Å². The molecular formula is C23H14N3S+. The summed E-state index contributed by atoms with van der Waals surface area (Å²) in [4.78, 5) is 0. The van der Waals surface area contributed by atoms with E-state index in [9.17, 15) is 10.5 Å². The summed E-state index contributed by atoms with van der Waals surface area (Å²) in [6.07, 6.45) is 2.25. The summed E-state index contributed by atoms with van der Waals surface area (Å²) in [6.45, 7) is 0. The maximum absolute atomic E-state index is 9.73. The van der Waals surface area contributed by atoms with Gasteiger partial charge in [-0.3, -0.25) is 0 Å². The highest BCUT2D eigenvalue weighted by molar-refractivity contribution is 7.42. The quantitative estimate of drug-likeness (QED) is 0.344. The van der Waals surface area contributed by atoms with Gasteiger partial charge < -0.3 is 4.57 Å². The van der Waals surface area contributed by atoms with E-state index in [-0.39, 0.29) is 10.5 Å². The molecule has 3 aromatic carbocycles. The van der Waals surface area contributed by atoms with Gasteiger partial charge in [-0.2, -0.15) is 10.5 Å². The van der Waals surface area contributed by atoms with Gasteiger partial charge in [-0.05, 0) is 46.9 Å². The molecule has 0 radical (unpaired) electrons. The van der Waals surface area contributed by atoms with Crippen LogP contribution in [-0.2, 0) is 6.26 Å². The van der Waals surface area contributed by atoms with E-state index in [1.165, 1.54) is 20.2 Å². The normalized spacial score (nSPS) is 11.7. The van der Waals surface area contributed by atoms with Crippen LogP contribution in [-0.4, -0.2) is 4.57 Å². The van der Waals surface area contributed by atoms with E-state index < -0.39 is 0 Å². The van der Waals surface area contributed by atoms with Crippen LogP contribution in [0.4, 0.5) is 0 Å². The molecular weight excluding hydrogens is 350 g/mol. The predicted molar refractivity (Wildman–Crippen MR) is 111 cm³/mol. The Bertz CT molecular complexity index is 1420. The van der Waals surface area contributed by atoms with Crippen molar-refractivity contribution in [1.29, 1.82) is 10.5 Å². The zero-order valence-electron chi connectivity index (χ0n) is 14.6. The molecule has 126 valence electrons. The van der Waals surface area contributed by atoms with Gasteiger partial charge in [-0.15, -0.1) is 0 Å². The second kappa shape index (κ2) is 5.71. The highest BCUT2D eigenvalue weighted by atomic mass is 32.2. The van der Waals surface area contributed by atoms with Crippen molar-refractivity contribution < 1.29 is 0 Å². The van der Waals surface area contributed by atoms with Crippen LogP contribution in [0.3, 0.4) is 0 Å². The number of rotatable bonds is 1. The number of hydrogen-bond acceptors (Lipinski definition) is 2. The molecule has 0 aliphatic heterocycles. The molecule has 5 aromatic rings. The van der Waals surface area contributed by atoms with Gasteiger partial charge in [0.15, 0.2) is 4.70 Å². The number of benzene rings is 3. The Labute approximate surface area is 158 Å². The largest absolute Gasteiger partial charge is 0.301 e. The van der Waals surface area contributed by atoms with E-state index in [1.807, 2.05) is 6.07 Å². The number of hydrogen-bond donors (Lipinski definition) is 0. The van der Waals surface area contributed by atoms with E-state index in [0.29, 0.717) is 16.8 Å². The van der Waals surface area contributed by atoms with Crippen molar-refractivity contribution >= 4 is 41.7 Å². The van der Waals surface area contributed by atoms with E-state index in [2.05, 4.69) is 65.4 Å². The van der Waals surface area contributed by atoms with Crippen molar-refractivity contribution in [3.8, 4) is 17.8 Å². The number of nitriles is 2. The van der Waals surface area contributed by atoms with Crippen LogP contribution in [0.2, 0.25) is 0 Å². The van der Waals surface area contributed by atoms with Crippen LogP contribution >= 0.6 is 10.5 Å². The average molecular weight is 364 g/mol. The molecule has 0 saturated carbocycles. The minimum atomic E-state index is -0.0540. The number of thiophene rings is 1. The second-order valence-corrected chi connectivity index (χ2v) is 8.33. The molecule has 1 atom stereocenters. The maximum Gasteiger partial charge on any atom is 0.207 e. The number of aromatic nitrogens is 1. The Kier molecular flexibility index (Phi) is 3.31. The Morgan fingerprint density at radius 3 is 2.11 bits per heavy atom. The lowest BCUT2D eigenvalue weighted by atomic mass is 10.1. The molecule has 3 nitrogen and oxygen atoms in total. The fourth-order valence-corrected chi connectivity index (χ4v) is 5.99. The summed E-state index contributed by atoms with van der Waals surface area (Å²) >= 11 is 0. The number of aryl methyl sites for hydroxylation is 1. The molecule has 0 N–H and O–H groups in total. The zero-order valence-corrected chi connectivity index (χ0v) is 15.4. The van der Waals surface area contributed by atoms with E-state index >= 15 is 0 Å². The van der Waals surface area contributed by atoms with Crippen molar-refractivity contribution in [3.05, 3.63) is 77.9 Å². The Morgan fingerprint density at radius 2 is 1.41 bits per heavy atom. The third-order valence-electron chi connectivity index (χ3n) is 5.11. The molecule has 0 saturated heterocycles. The Morgan fingerprint density at radius 1 is 0.778 bits per heavy atom. The van der Waals surface area contributed by atoms with Gasteiger partial charge in [0.1, 0.15) is 23.9 Å². The first-order chi connectivity index (χ1) is 13.3. The van der Waals surface area contributed by atoms with Crippen LogP contribution in [0.5, 0.6) is 0 Å². The number of para-hydroxylation sites is 2. The minimum Gasteiger partial charge on any atom is -0.301 e. The van der Waals surface area contributed by atoms with Gasteiger partial charge in [0, 0.05) is 0 Å². The van der Waals surface area contributed by atoms with Crippen LogP contribution in [0.1, 0.15) is 11.1 Å². The average Bonchev–Trinajstić information content (AvgIpc) is 3.21. The van der Waals surface area contributed by atoms with Crippen molar-refractivity contribution in [3.63, 3.8) is 0 Å². The van der Waals surface area contributed by atoms with Crippen LogP contribution < -0.4 is 0 Å². The van der Waals surface area contributed by atoms with Crippen molar-refractivity contribution in [2.24, 2.45) is 6.26 Å². The summed E-state index contributed by atoms with van der Waals surface area (Å²) in [6, 6.07) is 26.6. The Hall–Kier alpha value is -3.60. The van der Waals surface area contributed by atoms with E-state index in [1.54, 1.807) is 18.2 Å². The molecule has 0 spiro atoms. The highest BCUT2D eigenvalue weighted by Gasteiger charge is 2.28. The smallest absolute Gasteiger partial charge is 0.207 e. The van der Waals surface area contributed by atoms with Gasteiger partial charge in [0.05, 0.1) is 33.1 Å². The number of fused-ring (bicyclic) bond motifs is 5. The highest BCUT2D eigenvalue weighted by Crippen LogP contribution is 2.47. The van der Waals surface area contributed by atoms with Crippen LogP contribution in [0, 0.1) is 22.7 Å². The van der Waals surface area contributed by atoms with Crippen molar-refractivity contribution in [2.75, 3.05) is 0 Å². The molecule has 2 heterocycles. The molecule has 27 heavy (non-hydrogen) atoms. The summed E-state index contributed by atoms with van der Waals surface area (Å²) in [5.41, 5.74) is 3.84. The standard InChI is InChI=1S/C23H14N3S/c1-27-20-12-5-3-10-18(20)22-23(27)17-9-2-4-11-19(17)26(22)21-15(13-24)7-6-8-16(21)14-25/h2-12H,1H3/q+1. The van der Waals surface area contributed by atoms with Gasteiger partial charge in [-0.25, -0.2) is 0 Å². The molecule has 0 amide bonds. The molecule has 5 rings (SSSR count). The fourth-order valence-electron chi connectivity index (χ4n) is 4.00. The zero-order chi connectivity index (χ0) is 18.5. The third-order valence-corrected chi connectivity index (χ3v) is 7.15. The first kappa shape index (κ1) is 15.6. The van der Waals surface area contributed by atoms with E-state index in [0.717, 1.165) is 11.0 Å². The second-order valence-electron chi connectivity index (χ2n) is 6.46. The SMILES string of the molecule is C[s+]1c2ccccc2c2c1c1ccccc1n2-c1c(C#N)cccc1C#N. The summed E-state index contributed by atoms with van der Waals surface area (Å²) in [5, 5.41) is 21.8. The summed E-state index contributed by atoms with van der Waals surface area (Å²) in [5.74, 6) is 0. The molecule has 0 bridgehead atoms. The van der Waals surface area contributed by atoms with Crippen molar-refractivity contribution in [2.45, 2.75) is 0 Å². The molecule has 0 aliphatic carbocycles. The lowest BCUT2D eigenvalue weighted by Gasteiger charge is -2.10. The molecule has 4 heteroatoms. The van der Waals surface area contributed by atoms with Gasteiger partial charge in [0.25, 0.3) is 0 Å². The lowest BCUT2D eigenvalue weighted by molar-refractivity contribution is 1.16. The fraction of sp³-hybridized carbons (Fsp3) is 0.0435. The molecule has 2 aromatic heterocycles. The van der Waals surface area contributed by atoms with Gasteiger partial charge in [-0.1, -0.05) is 30.3 Å². The summed E-state index contributed by atoms with van der Waals surface area (Å²) < 4.78 is 4.73. The van der Waals surface area contributed by atoms with Gasteiger partial charge >= 0.3 is 0 Å². The van der Waals surface area contributed by atoms with Crippen molar-refractivity contribution in [1.82, 2.24) is 4.57 Å². The van der Waals surface area contributed by atoms with E-state index in [4.69, 9.17) is 0 Å².